The largest absolute Gasteiger partial charge is 0.393 e. The molecule has 3 N–H and O–H groups in total. The molecule has 3 rings (SSSR count). The van der Waals surface area contributed by atoms with Crippen LogP contribution in [0.4, 0.5) is 15.8 Å². The lowest BCUT2D eigenvalue weighted by Crippen LogP contribution is -2.42. The van der Waals surface area contributed by atoms with Gasteiger partial charge in [0.1, 0.15) is 11.5 Å². The molecule has 1 aromatic carbocycles. The highest BCUT2D eigenvalue weighted by atomic mass is 35.5. The number of halogens is 2. The molecule has 2 aliphatic heterocycles. The molecule has 1 amide bonds. The third-order valence-electron chi connectivity index (χ3n) is 4.44. The highest BCUT2D eigenvalue weighted by Crippen LogP contribution is 2.33. The zero-order valence-corrected chi connectivity index (χ0v) is 13.1. The van der Waals surface area contributed by atoms with Gasteiger partial charge in [-0.05, 0) is 31.9 Å². The molecule has 1 aromatic rings. The van der Waals surface area contributed by atoms with Crippen molar-refractivity contribution in [1.29, 1.82) is 0 Å². The maximum absolute atomic E-state index is 13.6. The summed E-state index contributed by atoms with van der Waals surface area (Å²) in [5.74, 6) is -1.25. The Balaban J connectivity index is 0.00000192. The second-order valence-electron chi connectivity index (χ2n) is 5.73. The van der Waals surface area contributed by atoms with Crippen LogP contribution in [0, 0.1) is 15.9 Å². The van der Waals surface area contributed by atoms with Crippen LogP contribution < -0.4 is 11.1 Å². The number of nitrogens with one attached hydrogen (secondary N) is 1. The van der Waals surface area contributed by atoms with Crippen molar-refractivity contribution < 1.29 is 14.1 Å². The molecule has 23 heavy (non-hydrogen) atoms. The highest BCUT2D eigenvalue weighted by Gasteiger charge is 2.39. The van der Waals surface area contributed by atoms with Gasteiger partial charge in [0, 0.05) is 18.6 Å². The molecule has 9 heteroatoms. The summed E-state index contributed by atoms with van der Waals surface area (Å²) < 4.78 is 13.6. The Bertz CT molecular complexity index is 629. The summed E-state index contributed by atoms with van der Waals surface area (Å²) in [6.07, 6.45) is 2.59. The molecule has 2 saturated heterocycles. The Kier molecular flexibility index (Phi) is 5.06. The number of nitro benzene ring substituents is 1. The summed E-state index contributed by atoms with van der Waals surface area (Å²) in [6, 6.07) is 1.84. The lowest BCUT2D eigenvalue weighted by molar-refractivity contribution is -0.384. The van der Waals surface area contributed by atoms with E-state index in [1.54, 1.807) is 4.90 Å². The van der Waals surface area contributed by atoms with E-state index in [0.29, 0.717) is 6.54 Å². The molecule has 126 valence electrons. The number of nitrogens with two attached hydrogens (primary N) is 1. The number of amides is 1. The number of carbonyl (C=O) groups is 1. The van der Waals surface area contributed by atoms with Crippen LogP contribution in [-0.4, -0.2) is 40.9 Å². The highest BCUT2D eigenvalue weighted by molar-refractivity contribution is 6.01. The first-order valence-corrected chi connectivity index (χ1v) is 7.26. The molecule has 0 saturated carbocycles. The average molecular weight is 345 g/mol. The molecule has 7 nitrogen and oxygen atoms in total. The van der Waals surface area contributed by atoms with Gasteiger partial charge in [0.15, 0.2) is 0 Å². The number of nitrogen functional groups attached to an aromatic ring is 1. The monoisotopic (exact) mass is 344 g/mol. The zero-order valence-electron chi connectivity index (χ0n) is 12.3. The Morgan fingerprint density at radius 2 is 2.04 bits per heavy atom. The predicted molar refractivity (Wildman–Crippen MR) is 85.2 cm³/mol. The van der Waals surface area contributed by atoms with Crippen molar-refractivity contribution in [3.8, 4) is 0 Å². The van der Waals surface area contributed by atoms with Crippen LogP contribution in [0.2, 0.25) is 0 Å². The summed E-state index contributed by atoms with van der Waals surface area (Å²) in [6.45, 7) is 1.50. The number of benzene rings is 1. The summed E-state index contributed by atoms with van der Waals surface area (Å²) >= 11 is 0. The van der Waals surface area contributed by atoms with Crippen LogP contribution in [0.3, 0.4) is 0 Å². The van der Waals surface area contributed by atoms with Gasteiger partial charge in [-0.15, -0.1) is 12.4 Å². The van der Waals surface area contributed by atoms with Crippen molar-refractivity contribution in [2.24, 2.45) is 0 Å². The number of anilines is 1. The minimum Gasteiger partial charge on any atom is -0.393 e. The fourth-order valence-electron chi connectivity index (χ4n) is 3.38. The summed E-state index contributed by atoms with van der Waals surface area (Å²) in [5, 5.41) is 14.2. The van der Waals surface area contributed by atoms with E-state index >= 15 is 0 Å². The van der Waals surface area contributed by atoms with Gasteiger partial charge in [-0.1, -0.05) is 0 Å². The van der Waals surface area contributed by atoms with Crippen molar-refractivity contribution in [2.45, 2.75) is 31.3 Å². The number of rotatable bonds is 2. The van der Waals surface area contributed by atoms with Gasteiger partial charge in [-0.25, -0.2) is 4.39 Å². The van der Waals surface area contributed by atoms with Gasteiger partial charge in [-0.2, -0.15) is 0 Å². The smallest absolute Gasteiger partial charge is 0.295 e. The molecule has 2 unspecified atom stereocenters. The van der Waals surface area contributed by atoms with Crippen molar-refractivity contribution in [3.05, 3.63) is 33.6 Å². The molecule has 0 aliphatic carbocycles. The maximum atomic E-state index is 13.6. The van der Waals surface area contributed by atoms with E-state index in [2.05, 4.69) is 5.32 Å². The number of carbonyl (C=O) groups excluding carboxylic acids is 1. The molecule has 2 bridgehead atoms. The van der Waals surface area contributed by atoms with Crippen molar-refractivity contribution >= 4 is 29.7 Å². The molecule has 2 aliphatic rings. The molecular weight excluding hydrogens is 327 g/mol. The van der Waals surface area contributed by atoms with Crippen LogP contribution in [0.25, 0.3) is 0 Å². The normalized spacial score (nSPS) is 23.1. The first kappa shape index (κ1) is 17.4. The summed E-state index contributed by atoms with van der Waals surface area (Å²) in [7, 11) is 0. The van der Waals surface area contributed by atoms with Crippen molar-refractivity contribution in [1.82, 2.24) is 10.2 Å². The second-order valence-corrected chi connectivity index (χ2v) is 5.73. The quantitative estimate of drug-likeness (QED) is 0.483. The van der Waals surface area contributed by atoms with Gasteiger partial charge >= 0.3 is 0 Å². The maximum Gasteiger partial charge on any atom is 0.295 e. The fraction of sp³-hybridized carbons (Fsp3) is 0.500. The molecule has 2 atom stereocenters. The van der Waals surface area contributed by atoms with Crippen molar-refractivity contribution in [3.63, 3.8) is 0 Å². The minimum absolute atomic E-state index is 0. The lowest BCUT2D eigenvalue weighted by Gasteiger charge is -2.28. The number of nitro groups is 1. The summed E-state index contributed by atoms with van der Waals surface area (Å²) in [4.78, 5) is 24.7. The number of nitrogens with zero attached hydrogens (tertiary/aromatic N) is 2. The first-order chi connectivity index (χ1) is 10.5. The van der Waals surface area contributed by atoms with Gasteiger partial charge < -0.3 is 16.0 Å². The number of fused-ring (bicyclic) bond motifs is 2. The molecule has 0 spiro atoms. The standard InChI is InChI=1S/C14H17FN4O3.ClH/c15-8-5-11(13(16)12(6-8)19(21)22)14(20)18-9-1-2-10(18)7-17-4-3-9;/h5-6,9-10,17H,1-4,7,16H2;1H. The van der Waals surface area contributed by atoms with E-state index in [1.165, 1.54) is 0 Å². The molecule has 2 fully saturated rings. The van der Waals surface area contributed by atoms with E-state index in [0.717, 1.165) is 37.9 Å². The van der Waals surface area contributed by atoms with Crippen LogP contribution in [0.1, 0.15) is 29.6 Å². The van der Waals surface area contributed by atoms with Crippen LogP contribution in [0.5, 0.6) is 0 Å². The molecular formula is C14H18ClFN4O3. The van der Waals surface area contributed by atoms with E-state index in [9.17, 15) is 19.3 Å². The van der Waals surface area contributed by atoms with E-state index < -0.39 is 22.3 Å². The Labute approximate surface area is 138 Å². The van der Waals surface area contributed by atoms with Gasteiger partial charge in [0.25, 0.3) is 11.6 Å². The fourth-order valence-corrected chi connectivity index (χ4v) is 3.38. The van der Waals surface area contributed by atoms with E-state index in [4.69, 9.17) is 5.73 Å². The first-order valence-electron chi connectivity index (χ1n) is 7.26. The lowest BCUT2D eigenvalue weighted by atomic mass is 10.1. The Morgan fingerprint density at radius 1 is 1.35 bits per heavy atom. The molecule has 0 radical (unpaired) electrons. The second kappa shape index (κ2) is 6.67. The SMILES string of the molecule is Cl.Nc1c(C(=O)N2C3CCNCC2CC3)cc(F)cc1[N+](=O)[O-]. The van der Waals surface area contributed by atoms with Crippen LogP contribution >= 0.6 is 12.4 Å². The Hall–Kier alpha value is -1.93. The zero-order chi connectivity index (χ0) is 15.9. The minimum atomic E-state index is -0.829. The van der Waals surface area contributed by atoms with E-state index in [1.807, 2.05) is 0 Å². The third kappa shape index (κ3) is 3.09. The van der Waals surface area contributed by atoms with Crippen LogP contribution in [0.15, 0.2) is 12.1 Å². The third-order valence-corrected chi connectivity index (χ3v) is 4.44. The topological polar surface area (TPSA) is 102 Å². The predicted octanol–water partition coefficient (Wildman–Crippen LogP) is 1.70. The van der Waals surface area contributed by atoms with Gasteiger partial charge in [0.2, 0.25) is 0 Å². The summed E-state index contributed by atoms with van der Waals surface area (Å²) in [5.41, 5.74) is 4.78. The van der Waals surface area contributed by atoms with Gasteiger partial charge in [0.05, 0.1) is 16.6 Å². The number of hydrogen-bond acceptors (Lipinski definition) is 5. The number of hydrogen-bond donors (Lipinski definition) is 2. The van der Waals surface area contributed by atoms with E-state index in [-0.39, 0.29) is 35.7 Å². The van der Waals surface area contributed by atoms with Crippen molar-refractivity contribution in [2.75, 3.05) is 18.8 Å². The molecule has 2 heterocycles. The van der Waals surface area contributed by atoms with Gasteiger partial charge in [-0.3, -0.25) is 14.9 Å². The Morgan fingerprint density at radius 3 is 2.74 bits per heavy atom. The average Bonchev–Trinajstić information content (AvgIpc) is 2.73. The van der Waals surface area contributed by atoms with Crippen LogP contribution in [-0.2, 0) is 0 Å². The molecule has 0 aromatic heterocycles.